The van der Waals surface area contributed by atoms with Crippen LogP contribution >= 0.6 is 11.8 Å². The number of fused-ring (bicyclic) bond motifs is 3. The van der Waals surface area contributed by atoms with E-state index in [2.05, 4.69) is 15.5 Å². The molecule has 0 aliphatic rings. The Labute approximate surface area is 206 Å². The van der Waals surface area contributed by atoms with Crippen molar-refractivity contribution in [2.24, 2.45) is 0 Å². The summed E-state index contributed by atoms with van der Waals surface area (Å²) in [6, 6.07) is 21.1. The molecule has 3 aromatic carbocycles. The zero-order valence-electron chi connectivity index (χ0n) is 19.9. The standard InChI is InChI=1S/C27H25N5O2S/c1-16-13-14-18(3)23(15-16)31-25(34)20-10-6-8-12-22(20)32-26(31)29-30-27(32)35-19(4)24(33)28-21-11-7-5-9-17(21)2/h5-15,19H,1-4H3,(H,28,33). The summed E-state index contributed by atoms with van der Waals surface area (Å²) < 4.78 is 3.47. The zero-order chi connectivity index (χ0) is 24.7. The monoisotopic (exact) mass is 483 g/mol. The summed E-state index contributed by atoms with van der Waals surface area (Å²) in [5, 5.41) is 12.5. The maximum Gasteiger partial charge on any atom is 0.267 e. The van der Waals surface area contributed by atoms with E-state index in [-0.39, 0.29) is 11.5 Å². The van der Waals surface area contributed by atoms with E-state index in [1.165, 1.54) is 11.8 Å². The van der Waals surface area contributed by atoms with Crippen LogP contribution in [0.3, 0.4) is 0 Å². The molecule has 2 aromatic heterocycles. The lowest BCUT2D eigenvalue weighted by molar-refractivity contribution is -0.115. The van der Waals surface area contributed by atoms with Gasteiger partial charge in [-0.15, -0.1) is 10.2 Å². The molecular weight excluding hydrogens is 458 g/mol. The molecule has 0 saturated carbocycles. The highest BCUT2D eigenvalue weighted by Crippen LogP contribution is 2.28. The normalized spacial score (nSPS) is 12.2. The number of hydrogen-bond acceptors (Lipinski definition) is 5. The highest BCUT2D eigenvalue weighted by molar-refractivity contribution is 8.00. The first-order valence-electron chi connectivity index (χ1n) is 11.3. The maximum atomic E-state index is 13.6. The molecule has 5 rings (SSSR count). The SMILES string of the molecule is Cc1ccc(C)c(-n2c(=O)c3ccccc3n3c(SC(C)C(=O)Nc4ccccc4C)nnc23)c1. The van der Waals surface area contributed by atoms with E-state index in [9.17, 15) is 9.59 Å². The van der Waals surface area contributed by atoms with Gasteiger partial charge >= 0.3 is 0 Å². The molecule has 5 aromatic rings. The van der Waals surface area contributed by atoms with Crippen LogP contribution in [0.5, 0.6) is 0 Å². The minimum absolute atomic E-state index is 0.131. The number of benzene rings is 3. The number of carbonyl (C=O) groups is 1. The Kier molecular flexibility index (Phi) is 5.90. The number of nitrogens with one attached hydrogen (secondary N) is 1. The molecule has 0 radical (unpaired) electrons. The largest absolute Gasteiger partial charge is 0.325 e. The Balaban J connectivity index is 1.62. The average molecular weight is 484 g/mol. The Hall–Kier alpha value is -3.91. The number of carbonyl (C=O) groups excluding carboxylic acids is 1. The molecule has 0 saturated heterocycles. The van der Waals surface area contributed by atoms with Gasteiger partial charge in [-0.2, -0.15) is 0 Å². The summed E-state index contributed by atoms with van der Waals surface area (Å²) in [4.78, 5) is 26.6. The van der Waals surface area contributed by atoms with E-state index >= 15 is 0 Å². The third-order valence-electron chi connectivity index (χ3n) is 6.05. The molecule has 0 bridgehead atoms. The van der Waals surface area contributed by atoms with Crippen LogP contribution in [0.25, 0.3) is 22.4 Å². The average Bonchev–Trinajstić information content (AvgIpc) is 3.26. The van der Waals surface area contributed by atoms with Crippen LogP contribution in [0, 0.1) is 20.8 Å². The van der Waals surface area contributed by atoms with Gasteiger partial charge in [-0.1, -0.05) is 54.2 Å². The van der Waals surface area contributed by atoms with Crippen LogP contribution < -0.4 is 10.9 Å². The zero-order valence-corrected chi connectivity index (χ0v) is 20.8. The molecule has 1 amide bonds. The predicted molar refractivity (Wildman–Crippen MR) is 141 cm³/mol. The molecule has 0 aliphatic carbocycles. The van der Waals surface area contributed by atoms with Crippen LogP contribution in [0.4, 0.5) is 5.69 Å². The molecule has 1 unspecified atom stereocenters. The van der Waals surface area contributed by atoms with Crippen molar-refractivity contribution < 1.29 is 4.79 Å². The molecule has 8 heteroatoms. The van der Waals surface area contributed by atoms with E-state index in [1.54, 1.807) is 4.57 Å². The highest BCUT2D eigenvalue weighted by atomic mass is 32.2. The lowest BCUT2D eigenvalue weighted by atomic mass is 10.1. The highest BCUT2D eigenvalue weighted by Gasteiger charge is 2.23. The third-order valence-corrected chi connectivity index (χ3v) is 7.10. The van der Waals surface area contributed by atoms with Crippen LogP contribution in [0.1, 0.15) is 23.6 Å². The van der Waals surface area contributed by atoms with Gasteiger partial charge in [-0.3, -0.25) is 14.0 Å². The van der Waals surface area contributed by atoms with Gasteiger partial charge in [0, 0.05) is 5.69 Å². The molecule has 2 heterocycles. The Morgan fingerprint density at radius 3 is 2.49 bits per heavy atom. The van der Waals surface area contributed by atoms with Gasteiger partial charge in [0.05, 0.1) is 21.8 Å². The van der Waals surface area contributed by atoms with Crippen LogP contribution in [0.15, 0.2) is 76.7 Å². The lowest BCUT2D eigenvalue weighted by Crippen LogP contribution is -2.24. The number of aromatic nitrogens is 4. The predicted octanol–water partition coefficient (Wildman–Crippen LogP) is 5.08. The minimum atomic E-state index is -0.443. The molecule has 0 fully saturated rings. The van der Waals surface area contributed by atoms with Crippen LogP contribution in [-0.2, 0) is 4.79 Å². The molecule has 7 nitrogen and oxygen atoms in total. The quantitative estimate of drug-likeness (QED) is 0.353. The van der Waals surface area contributed by atoms with Gasteiger partial charge in [0.15, 0.2) is 5.16 Å². The van der Waals surface area contributed by atoms with Crippen molar-refractivity contribution in [2.75, 3.05) is 5.32 Å². The fraction of sp³-hybridized carbons (Fsp3) is 0.185. The van der Waals surface area contributed by atoms with E-state index in [0.29, 0.717) is 21.8 Å². The number of amides is 1. The lowest BCUT2D eigenvalue weighted by Gasteiger charge is -2.15. The smallest absolute Gasteiger partial charge is 0.267 e. The Morgan fingerprint density at radius 1 is 0.943 bits per heavy atom. The number of hydrogen-bond donors (Lipinski definition) is 1. The van der Waals surface area contributed by atoms with Gasteiger partial charge in [0.25, 0.3) is 5.56 Å². The number of rotatable bonds is 5. The second-order valence-electron chi connectivity index (χ2n) is 8.63. The molecule has 0 spiro atoms. The molecule has 1 N–H and O–H groups in total. The summed E-state index contributed by atoms with van der Waals surface area (Å²) in [5.41, 5.74) is 5.08. The Morgan fingerprint density at radius 2 is 1.69 bits per heavy atom. The van der Waals surface area contributed by atoms with Gasteiger partial charge in [0.2, 0.25) is 11.7 Å². The van der Waals surface area contributed by atoms with Crippen molar-refractivity contribution >= 4 is 40.0 Å². The van der Waals surface area contributed by atoms with Crippen molar-refractivity contribution in [2.45, 2.75) is 38.1 Å². The number of nitrogens with zero attached hydrogens (tertiary/aromatic N) is 4. The second kappa shape index (κ2) is 9.03. The van der Waals surface area contributed by atoms with Crippen molar-refractivity contribution in [1.29, 1.82) is 0 Å². The number of para-hydroxylation sites is 2. The molecular formula is C27H25N5O2S. The van der Waals surface area contributed by atoms with Gasteiger partial charge in [0.1, 0.15) is 0 Å². The summed E-state index contributed by atoms with van der Waals surface area (Å²) >= 11 is 1.31. The Bertz CT molecular complexity index is 1650. The first kappa shape index (κ1) is 22.9. The summed E-state index contributed by atoms with van der Waals surface area (Å²) in [6.07, 6.45) is 0. The van der Waals surface area contributed by atoms with E-state index in [4.69, 9.17) is 0 Å². The molecule has 1 atom stereocenters. The topological polar surface area (TPSA) is 81.3 Å². The van der Waals surface area contributed by atoms with Crippen LogP contribution in [-0.4, -0.2) is 30.3 Å². The van der Waals surface area contributed by atoms with Gasteiger partial charge < -0.3 is 5.32 Å². The van der Waals surface area contributed by atoms with Crippen LogP contribution in [0.2, 0.25) is 0 Å². The fourth-order valence-corrected chi connectivity index (χ4v) is 4.95. The van der Waals surface area contributed by atoms with Gasteiger partial charge in [-0.25, -0.2) is 4.57 Å². The number of anilines is 1. The number of thioether (sulfide) groups is 1. The molecule has 176 valence electrons. The maximum absolute atomic E-state index is 13.6. The summed E-state index contributed by atoms with van der Waals surface area (Å²) in [5.74, 6) is 0.282. The van der Waals surface area contributed by atoms with Crippen molar-refractivity contribution in [3.8, 4) is 5.69 Å². The molecule has 0 aliphatic heterocycles. The fourth-order valence-electron chi connectivity index (χ4n) is 4.09. The van der Waals surface area contributed by atoms with Crippen molar-refractivity contribution in [3.63, 3.8) is 0 Å². The van der Waals surface area contributed by atoms with E-state index < -0.39 is 5.25 Å². The third kappa shape index (κ3) is 4.10. The van der Waals surface area contributed by atoms with Crippen molar-refractivity contribution in [1.82, 2.24) is 19.2 Å². The second-order valence-corrected chi connectivity index (χ2v) is 9.94. The molecule has 35 heavy (non-hydrogen) atoms. The van der Waals surface area contributed by atoms with Crippen molar-refractivity contribution in [3.05, 3.63) is 93.8 Å². The van der Waals surface area contributed by atoms with Gasteiger partial charge in [-0.05, 0) is 68.7 Å². The first-order valence-corrected chi connectivity index (χ1v) is 12.2. The minimum Gasteiger partial charge on any atom is -0.325 e. The van der Waals surface area contributed by atoms with E-state index in [1.807, 2.05) is 98.8 Å². The number of aryl methyl sites for hydroxylation is 3. The van der Waals surface area contributed by atoms with E-state index in [0.717, 1.165) is 28.1 Å². The first-order chi connectivity index (χ1) is 16.8. The summed E-state index contributed by atoms with van der Waals surface area (Å²) in [7, 11) is 0. The summed E-state index contributed by atoms with van der Waals surface area (Å²) in [6.45, 7) is 7.75.